The summed E-state index contributed by atoms with van der Waals surface area (Å²) < 4.78 is 0. The molecule has 24 heavy (non-hydrogen) atoms. The van der Waals surface area contributed by atoms with E-state index < -0.39 is 0 Å². The normalized spacial score (nSPS) is 20.0. The van der Waals surface area contributed by atoms with E-state index in [4.69, 9.17) is 0 Å². The van der Waals surface area contributed by atoms with Crippen LogP contribution in [0.1, 0.15) is 31.4 Å². The molecular weight excluding hydrogens is 298 g/mol. The van der Waals surface area contributed by atoms with Gasteiger partial charge in [0, 0.05) is 12.6 Å². The summed E-state index contributed by atoms with van der Waals surface area (Å²) in [7, 11) is 2.00. The zero-order valence-corrected chi connectivity index (χ0v) is 14.6. The predicted molar refractivity (Wildman–Crippen MR) is 99.0 cm³/mol. The number of carbonyl (C=O) groups excluding carboxylic acids is 1. The van der Waals surface area contributed by atoms with E-state index in [0.717, 1.165) is 19.5 Å². The zero-order chi connectivity index (χ0) is 16.9. The Bertz CT molecular complexity index is 695. The van der Waals surface area contributed by atoms with Gasteiger partial charge >= 0.3 is 0 Å². The van der Waals surface area contributed by atoms with Gasteiger partial charge in [-0.05, 0) is 49.7 Å². The summed E-state index contributed by atoms with van der Waals surface area (Å²) in [5.74, 6) is 0.104. The minimum Gasteiger partial charge on any atom is -0.348 e. The van der Waals surface area contributed by atoms with Crippen LogP contribution >= 0.6 is 0 Å². The Morgan fingerprint density at radius 2 is 2.04 bits per heavy atom. The molecule has 4 heteroatoms. The second-order valence-corrected chi connectivity index (χ2v) is 6.72. The summed E-state index contributed by atoms with van der Waals surface area (Å²) in [5.41, 5.74) is 1.17. The number of nitrogens with one attached hydrogen (secondary N) is 2. The van der Waals surface area contributed by atoms with Gasteiger partial charge in [-0.2, -0.15) is 0 Å². The van der Waals surface area contributed by atoms with E-state index >= 15 is 0 Å². The van der Waals surface area contributed by atoms with Crippen molar-refractivity contribution in [3.05, 3.63) is 48.0 Å². The summed E-state index contributed by atoms with van der Waals surface area (Å²) >= 11 is 0. The third-order valence-electron chi connectivity index (χ3n) is 4.95. The number of hydrogen-bond acceptors (Lipinski definition) is 3. The summed E-state index contributed by atoms with van der Waals surface area (Å²) in [4.78, 5) is 14.7. The molecule has 0 saturated carbocycles. The van der Waals surface area contributed by atoms with Gasteiger partial charge in [0.25, 0.3) is 0 Å². The van der Waals surface area contributed by atoms with Crippen LogP contribution in [0.2, 0.25) is 0 Å². The summed E-state index contributed by atoms with van der Waals surface area (Å²) in [5, 5.41) is 8.91. The fourth-order valence-corrected chi connectivity index (χ4v) is 3.63. The van der Waals surface area contributed by atoms with Crippen molar-refractivity contribution in [1.82, 2.24) is 15.5 Å². The molecule has 3 rings (SSSR count). The highest BCUT2D eigenvalue weighted by atomic mass is 16.2. The van der Waals surface area contributed by atoms with Gasteiger partial charge < -0.3 is 10.6 Å². The maximum absolute atomic E-state index is 12.5. The number of carbonyl (C=O) groups is 1. The van der Waals surface area contributed by atoms with Crippen molar-refractivity contribution in [3.63, 3.8) is 0 Å². The molecule has 1 heterocycles. The highest BCUT2D eigenvalue weighted by Crippen LogP contribution is 2.24. The van der Waals surface area contributed by atoms with E-state index in [1.165, 1.54) is 22.8 Å². The second kappa shape index (κ2) is 7.77. The number of benzene rings is 2. The second-order valence-electron chi connectivity index (χ2n) is 6.72. The van der Waals surface area contributed by atoms with Crippen LogP contribution in [-0.2, 0) is 4.79 Å². The molecule has 0 spiro atoms. The molecular formula is C20H27N3O. The van der Waals surface area contributed by atoms with Crippen molar-refractivity contribution in [2.24, 2.45) is 0 Å². The van der Waals surface area contributed by atoms with Crippen LogP contribution in [0, 0.1) is 0 Å². The molecule has 0 aromatic heterocycles. The quantitative estimate of drug-likeness (QED) is 0.888. The molecule has 128 valence electrons. The minimum absolute atomic E-state index is 0.00786. The van der Waals surface area contributed by atoms with Gasteiger partial charge in [0.15, 0.2) is 0 Å². The first kappa shape index (κ1) is 16.9. The molecule has 0 bridgehead atoms. The van der Waals surface area contributed by atoms with Gasteiger partial charge in [-0.15, -0.1) is 0 Å². The van der Waals surface area contributed by atoms with Crippen molar-refractivity contribution >= 4 is 16.7 Å². The molecule has 1 fully saturated rings. The van der Waals surface area contributed by atoms with E-state index in [2.05, 4.69) is 52.8 Å². The first-order valence-corrected chi connectivity index (χ1v) is 8.84. The Kier molecular flexibility index (Phi) is 5.48. The lowest BCUT2D eigenvalue weighted by atomic mass is 9.99. The largest absolute Gasteiger partial charge is 0.348 e. The Balaban J connectivity index is 1.63. The topological polar surface area (TPSA) is 44.4 Å². The lowest BCUT2D eigenvalue weighted by molar-refractivity contribution is -0.123. The third-order valence-corrected chi connectivity index (χ3v) is 4.95. The number of piperidine rings is 1. The van der Waals surface area contributed by atoms with Gasteiger partial charge in [0.05, 0.1) is 12.6 Å². The fourth-order valence-electron chi connectivity index (χ4n) is 3.63. The first-order valence-electron chi connectivity index (χ1n) is 8.84. The number of rotatable bonds is 5. The molecule has 2 N–H and O–H groups in total. The van der Waals surface area contributed by atoms with E-state index in [-0.39, 0.29) is 11.9 Å². The molecule has 0 aliphatic carbocycles. The summed E-state index contributed by atoms with van der Waals surface area (Å²) in [6.07, 6.45) is 2.35. The van der Waals surface area contributed by atoms with E-state index in [1.807, 2.05) is 19.2 Å². The molecule has 1 amide bonds. The van der Waals surface area contributed by atoms with Crippen LogP contribution in [0.3, 0.4) is 0 Å². The lowest BCUT2D eigenvalue weighted by Crippen LogP contribution is -2.48. The highest BCUT2D eigenvalue weighted by Gasteiger charge is 2.21. The Morgan fingerprint density at radius 3 is 2.88 bits per heavy atom. The van der Waals surface area contributed by atoms with Gasteiger partial charge in [0.2, 0.25) is 5.91 Å². The molecule has 2 aromatic carbocycles. The van der Waals surface area contributed by atoms with Crippen molar-refractivity contribution in [2.45, 2.75) is 31.8 Å². The Hall–Kier alpha value is -1.91. The van der Waals surface area contributed by atoms with Crippen LogP contribution in [0.5, 0.6) is 0 Å². The van der Waals surface area contributed by atoms with Crippen molar-refractivity contribution in [1.29, 1.82) is 0 Å². The van der Waals surface area contributed by atoms with Gasteiger partial charge in [-0.1, -0.05) is 42.5 Å². The minimum atomic E-state index is 0.00786. The third kappa shape index (κ3) is 3.94. The highest BCUT2D eigenvalue weighted by molar-refractivity contribution is 5.87. The zero-order valence-electron chi connectivity index (χ0n) is 14.6. The Labute approximate surface area is 144 Å². The average molecular weight is 325 g/mol. The van der Waals surface area contributed by atoms with Crippen LogP contribution < -0.4 is 10.6 Å². The Morgan fingerprint density at radius 1 is 1.25 bits per heavy atom. The van der Waals surface area contributed by atoms with Gasteiger partial charge in [0.1, 0.15) is 0 Å². The van der Waals surface area contributed by atoms with Crippen molar-refractivity contribution < 1.29 is 4.79 Å². The standard InChI is InChI=1S/C20H27N3O/c1-15(18-11-5-8-16-7-3-4-10-19(16)18)22-20(24)14-23-12-6-9-17(13-23)21-2/h3-5,7-8,10-11,15,17,21H,6,9,12-14H2,1-2H3,(H,22,24). The summed E-state index contributed by atoms with van der Waals surface area (Å²) in [6.45, 7) is 4.50. The van der Waals surface area contributed by atoms with E-state index in [0.29, 0.717) is 12.6 Å². The number of hydrogen-bond donors (Lipinski definition) is 2. The maximum atomic E-state index is 12.5. The molecule has 1 aliphatic rings. The smallest absolute Gasteiger partial charge is 0.234 e. The molecule has 2 aromatic rings. The molecule has 1 aliphatic heterocycles. The molecule has 2 unspecified atom stereocenters. The first-order chi connectivity index (χ1) is 11.7. The summed E-state index contributed by atoms with van der Waals surface area (Å²) in [6, 6.07) is 15.1. The molecule has 1 saturated heterocycles. The average Bonchev–Trinajstić information content (AvgIpc) is 2.61. The number of amides is 1. The number of nitrogens with zero attached hydrogens (tertiary/aromatic N) is 1. The SMILES string of the molecule is CNC1CCCN(CC(=O)NC(C)c2cccc3ccccc23)C1. The molecule has 2 atom stereocenters. The molecule has 0 radical (unpaired) electrons. The van der Waals surface area contributed by atoms with Crippen LogP contribution in [0.25, 0.3) is 10.8 Å². The maximum Gasteiger partial charge on any atom is 0.234 e. The lowest BCUT2D eigenvalue weighted by Gasteiger charge is -2.32. The van der Waals surface area contributed by atoms with E-state index in [1.54, 1.807) is 0 Å². The number of fused-ring (bicyclic) bond motifs is 1. The van der Waals surface area contributed by atoms with Crippen molar-refractivity contribution in [3.8, 4) is 0 Å². The number of likely N-dealkylation sites (tertiary alicyclic amines) is 1. The number of likely N-dealkylation sites (N-methyl/N-ethyl adjacent to an activating group) is 1. The van der Waals surface area contributed by atoms with Gasteiger partial charge in [-0.25, -0.2) is 0 Å². The molecule has 4 nitrogen and oxygen atoms in total. The predicted octanol–water partition coefficient (Wildman–Crippen LogP) is 2.70. The fraction of sp³-hybridized carbons (Fsp3) is 0.450. The van der Waals surface area contributed by atoms with Crippen molar-refractivity contribution in [2.75, 3.05) is 26.7 Å². The van der Waals surface area contributed by atoms with Crippen LogP contribution in [-0.4, -0.2) is 43.5 Å². The van der Waals surface area contributed by atoms with E-state index in [9.17, 15) is 4.79 Å². The monoisotopic (exact) mass is 325 g/mol. The van der Waals surface area contributed by atoms with Crippen LogP contribution in [0.4, 0.5) is 0 Å². The van der Waals surface area contributed by atoms with Gasteiger partial charge in [-0.3, -0.25) is 9.69 Å². The van der Waals surface area contributed by atoms with Crippen LogP contribution in [0.15, 0.2) is 42.5 Å².